The first-order valence-corrected chi connectivity index (χ1v) is 8.45. The molecule has 3 atom stereocenters. The molecule has 3 fully saturated rings. The van der Waals surface area contributed by atoms with E-state index in [0.717, 1.165) is 25.9 Å². The first-order chi connectivity index (χ1) is 11.9. The molecular weight excluding hydrogens is 462 g/mol. The molecule has 1 aliphatic heterocycles. The molecular formula is C17H21F3IN3O2. The first kappa shape index (κ1) is 19.5. The quantitative estimate of drug-likeness (QED) is 0.389. The summed E-state index contributed by atoms with van der Waals surface area (Å²) in [4.78, 5) is 4.67. The summed E-state index contributed by atoms with van der Waals surface area (Å²) in [7, 11) is 0. The lowest BCUT2D eigenvalue weighted by Crippen LogP contribution is -2.65. The van der Waals surface area contributed by atoms with E-state index in [1.165, 1.54) is 30.7 Å². The molecule has 0 amide bonds. The number of guanidine groups is 1. The number of rotatable bonds is 3. The number of nitrogens with two attached hydrogens (primary N) is 1. The summed E-state index contributed by atoms with van der Waals surface area (Å²) in [5.41, 5.74) is 6.74. The van der Waals surface area contributed by atoms with Gasteiger partial charge in [-0.05, 0) is 43.5 Å². The van der Waals surface area contributed by atoms with E-state index in [4.69, 9.17) is 10.5 Å². The van der Waals surface area contributed by atoms with Gasteiger partial charge in [-0.2, -0.15) is 0 Å². The van der Waals surface area contributed by atoms with E-state index < -0.39 is 6.36 Å². The Bertz CT molecular complexity index is 677. The summed E-state index contributed by atoms with van der Waals surface area (Å²) in [6.07, 6.45) is 0.0836. The summed E-state index contributed by atoms with van der Waals surface area (Å²) in [5.74, 6) is 0.446. The van der Waals surface area contributed by atoms with Crippen LogP contribution in [0.2, 0.25) is 0 Å². The minimum absolute atomic E-state index is 0. The Labute approximate surface area is 166 Å². The second-order valence-corrected chi connectivity index (χ2v) is 6.99. The minimum atomic E-state index is -4.70. The van der Waals surface area contributed by atoms with Crippen LogP contribution in [0.5, 0.6) is 5.75 Å². The van der Waals surface area contributed by atoms with Crippen LogP contribution >= 0.6 is 24.0 Å². The second kappa shape index (κ2) is 7.06. The van der Waals surface area contributed by atoms with Crippen LogP contribution in [0.15, 0.2) is 29.3 Å². The topological polar surface area (TPSA) is 68.9 Å². The predicted molar refractivity (Wildman–Crippen MR) is 102 cm³/mol. The number of alkyl halides is 3. The van der Waals surface area contributed by atoms with E-state index >= 15 is 0 Å². The van der Waals surface area contributed by atoms with E-state index in [-0.39, 0.29) is 47.1 Å². The number of fused-ring (bicyclic) bond motifs is 2. The highest BCUT2D eigenvalue weighted by molar-refractivity contribution is 14.0. The molecule has 1 spiro atoms. The molecule has 2 aliphatic carbocycles. The number of hydrogen-bond donors (Lipinski definition) is 2. The normalized spacial score (nSPS) is 29.2. The summed E-state index contributed by atoms with van der Waals surface area (Å²) in [5, 5.41) is 2.95. The van der Waals surface area contributed by atoms with Gasteiger partial charge in [0.1, 0.15) is 5.75 Å². The Morgan fingerprint density at radius 1 is 1.27 bits per heavy atom. The molecule has 1 aromatic carbocycles. The van der Waals surface area contributed by atoms with Crippen molar-refractivity contribution in [3.63, 3.8) is 0 Å². The fourth-order valence-electron chi connectivity index (χ4n) is 4.46. The molecule has 3 unspecified atom stereocenters. The summed E-state index contributed by atoms with van der Waals surface area (Å²) in [6, 6.07) is 5.60. The van der Waals surface area contributed by atoms with Gasteiger partial charge >= 0.3 is 6.36 Å². The minimum Gasteiger partial charge on any atom is -0.406 e. The second-order valence-electron chi connectivity index (χ2n) is 6.99. The zero-order valence-electron chi connectivity index (χ0n) is 14.0. The first-order valence-electron chi connectivity index (χ1n) is 8.45. The fourth-order valence-corrected chi connectivity index (χ4v) is 4.46. The van der Waals surface area contributed by atoms with Crippen LogP contribution < -0.4 is 15.8 Å². The summed E-state index contributed by atoms with van der Waals surface area (Å²) < 4.78 is 46.2. The third-order valence-corrected chi connectivity index (χ3v) is 5.62. The standard InChI is InChI=1S/C17H20F3N3O2.HI/c18-17(19,20)25-11-4-2-10(3-5-11)22-15(21)23-13-12-6-9-24-14(12)16(13)7-1-8-16;/h2-5,12-14H,1,6-9H2,(H3,21,22,23);1H. The van der Waals surface area contributed by atoms with Crippen molar-refractivity contribution in [3.05, 3.63) is 24.3 Å². The molecule has 9 heteroatoms. The van der Waals surface area contributed by atoms with Crippen LogP contribution in [0.4, 0.5) is 18.9 Å². The van der Waals surface area contributed by atoms with Crippen molar-refractivity contribution in [3.8, 4) is 5.75 Å². The van der Waals surface area contributed by atoms with Gasteiger partial charge in [0.25, 0.3) is 0 Å². The molecule has 1 saturated heterocycles. The van der Waals surface area contributed by atoms with Crippen LogP contribution in [0.25, 0.3) is 0 Å². The third-order valence-electron chi connectivity index (χ3n) is 5.62. The Hall–Kier alpha value is -1.23. The van der Waals surface area contributed by atoms with E-state index in [2.05, 4.69) is 15.0 Å². The van der Waals surface area contributed by atoms with Gasteiger partial charge in [0.2, 0.25) is 0 Å². The van der Waals surface area contributed by atoms with Gasteiger partial charge in [-0.1, -0.05) is 6.42 Å². The van der Waals surface area contributed by atoms with Crippen molar-refractivity contribution in [1.82, 2.24) is 0 Å². The van der Waals surface area contributed by atoms with Crippen LogP contribution in [0, 0.1) is 11.3 Å². The maximum Gasteiger partial charge on any atom is 0.573 e. The number of anilines is 1. The predicted octanol–water partition coefficient (Wildman–Crippen LogP) is 3.89. The number of aliphatic imine (C=N–C) groups is 1. The highest BCUT2D eigenvalue weighted by atomic mass is 127. The van der Waals surface area contributed by atoms with E-state index in [1.807, 2.05) is 0 Å². The van der Waals surface area contributed by atoms with Crippen molar-refractivity contribution in [2.75, 3.05) is 11.9 Å². The Morgan fingerprint density at radius 2 is 1.96 bits per heavy atom. The highest BCUT2D eigenvalue weighted by Crippen LogP contribution is 2.64. The zero-order valence-corrected chi connectivity index (χ0v) is 16.3. The molecule has 3 N–H and O–H groups in total. The monoisotopic (exact) mass is 483 g/mol. The molecule has 1 aromatic rings. The van der Waals surface area contributed by atoms with E-state index in [1.54, 1.807) is 0 Å². The van der Waals surface area contributed by atoms with Gasteiger partial charge in [0.15, 0.2) is 5.96 Å². The van der Waals surface area contributed by atoms with Crippen LogP contribution in [-0.4, -0.2) is 31.1 Å². The average Bonchev–Trinajstić information content (AvgIpc) is 2.89. The van der Waals surface area contributed by atoms with Crippen molar-refractivity contribution in [2.24, 2.45) is 22.1 Å². The van der Waals surface area contributed by atoms with Crippen molar-refractivity contribution in [2.45, 2.75) is 44.2 Å². The van der Waals surface area contributed by atoms with Gasteiger partial charge in [0, 0.05) is 23.6 Å². The molecule has 0 radical (unpaired) electrons. The number of hydrogen-bond acceptors (Lipinski definition) is 3. The smallest absolute Gasteiger partial charge is 0.406 e. The number of nitrogens with zero attached hydrogens (tertiary/aromatic N) is 1. The SMILES string of the molecule is I.NC(=NC1C2CCOC2C12CCC2)Nc1ccc(OC(F)(F)F)cc1. The van der Waals surface area contributed by atoms with Crippen molar-refractivity contribution >= 4 is 35.6 Å². The molecule has 1 heterocycles. The van der Waals surface area contributed by atoms with Crippen molar-refractivity contribution in [1.29, 1.82) is 0 Å². The highest BCUT2D eigenvalue weighted by Gasteiger charge is 2.66. The molecule has 4 rings (SSSR count). The molecule has 26 heavy (non-hydrogen) atoms. The third kappa shape index (κ3) is 3.47. The van der Waals surface area contributed by atoms with E-state index in [0.29, 0.717) is 17.7 Å². The fraction of sp³-hybridized carbons (Fsp3) is 0.588. The molecule has 3 aliphatic rings. The summed E-state index contributed by atoms with van der Waals surface area (Å²) >= 11 is 0. The van der Waals surface area contributed by atoms with Crippen LogP contribution in [0.3, 0.4) is 0 Å². The molecule has 144 valence electrons. The molecule has 5 nitrogen and oxygen atoms in total. The van der Waals surface area contributed by atoms with Gasteiger partial charge < -0.3 is 20.5 Å². The number of halogens is 4. The largest absolute Gasteiger partial charge is 0.573 e. The van der Waals surface area contributed by atoms with E-state index in [9.17, 15) is 13.2 Å². The molecule has 0 bridgehead atoms. The van der Waals surface area contributed by atoms with Gasteiger partial charge in [-0.3, -0.25) is 0 Å². The van der Waals surface area contributed by atoms with Gasteiger partial charge in [-0.25, -0.2) is 4.99 Å². The maximum atomic E-state index is 12.2. The Morgan fingerprint density at radius 3 is 2.54 bits per heavy atom. The van der Waals surface area contributed by atoms with Crippen LogP contribution in [0.1, 0.15) is 25.7 Å². The Kier molecular flexibility index (Phi) is 5.31. The lowest BCUT2D eigenvalue weighted by Gasteiger charge is -2.61. The zero-order chi connectivity index (χ0) is 17.7. The lowest BCUT2D eigenvalue weighted by atomic mass is 9.46. The maximum absolute atomic E-state index is 12.2. The lowest BCUT2D eigenvalue weighted by molar-refractivity contribution is -0.274. The van der Waals surface area contributed by atoms with Crippen LogP contribution in [-0.2, 0) is 4.74 Å². The van der Waals surface area contributed by atoms with Crippen molar-refractivity contribution < 1.29 is 22.6 Å². The Balaban J connectivity index is 0.00000196. The number of nitrogens with one attached hydrogen (secondary N) is 1. The van der Waals surface area contributed by atoms with Gasteiger partial charge in [0.05, 0.1) is 12.1 Å². The average molecular weight is 483 g/mol. The number of benzene rings is 1. The molecule has 2 saturated carbocycles. The molecule has 0 aromatic heterocycles. The van der Waals surface area contributed by atoms with Gasteiger partial charge in [-0.15, -0.1) is 37.1 Å². The summed E-state index contributed by atoms with van der Waals surface area (Å²) in [6.45, 7) is 0.789. The number of ether oxygens (including phenoxy) is 2.